The second-order valence-electron chi connectivity index (χ2n) is 5.81. The van der Waals surface area contributed by atoms with Crippen molar-refractivity contribution in [1.29, 1.82) is 5.26 Å². The van der Waals surface area contributed by atoms with Gasteiger partial charge in [-0.3, -0.25) is 0 Å². The first-order valence-electron chi connectivity index (χ1n) is 7.44. The van der Waals surface area contributed by atoms with Crippen LogP contribution in [0.5, 0.6) is 0 Å². The van der Waals surface area contributed by atoms with Gasteiger partial charge in [-0.05, 0) is 32.3 Å². The minimum atomic E-state index is 0.302. The first-order valence-corrected chi connectivity index (χ1v) is 7.44. The molecule has 114 valence electrons. The van der Waals surface area contributed by atoms with E-state index in [1.54, 1.807) is 6.33 Å². The largest absolute Gasteiger partial charge is 0.353 e. The Hall–Kier alpha value is -2.49. The third kappa shape index (κ3) is 2.41. The second-order valence-corrected chi connectivity index (χ2v) is 5.81. The van der Waals surface area contributed by atoms with Gasteiger partial charge in [-0.2, -0.15) is 10.4 Å². The van der Waals surface area contributed by atoms with Crippen molar-refractivity contribution in [1.82, 2.24) is 25.0 Å². The molecule has 3 heterocycles. The van der Waals surface area contributed by atoms with Gasteiger partial charge in [0.2, 0.25) is 0 Å². The molecule has 3 rings (SSSR count). The number of nitriles is 1. The average molecular weight is 297 g/mol. The van der Waals surface area contributed by atoms with E-state index >= 15 is 0 Å². The molecule has 1 fully saturated rings. The van der Waals surface area contributed by atoms with E-state index in [2.05, 4.69) is 31.4 Å². The molecule has 2 aromatic rings. The van der Waals surface area contributed by atoms with Crippen molar-refractivity contribution in [2.75, 3.05) is 18.0 Å². The molecule has 0 spiro atoms. The minimum absolute atomic E-state index is 0.302. The lowest BCUT2D eigenvalue weighted by molar-refractivity contribution is 0.476. The van der Waals surface area contributed by atoms with E-state index in [1.807, 2.05) is 25.5 Å². The van der Waals surface area contributed by atoms with Crippen LogP contribution in [-0.2, 0) is 7.05 Å². The normalized spacial score (nSPS) is 18.3. The molecule has 2 aromatic heterocycles. The molecule has 1 saturated heterocycles. The van der Waals surface area contributed by atoms with Crippen LogP contribution in [-0.4, -0.2) is 38.1 Å². The number of nitrogens with zero attached hydrogens (tertiary/aromatic N) is 7. The molecular formula is C15H19N7. The summed E-state index contributed by atoms with van der Waals surface area (Å²) in [7, 11) is 1.96. The molecule has 1 atom stereocenters. The Labute approximate surface area is 129 Å². The quantitative estimate of drug-likeness (QED) is 0.835. The summed E-state index contributed by atoms with van der Waals surface area (Å²) in [4.78, 5) is 2.15. The molecule has 0 unspecified atom stereocenters. The molecule has 0 aliphatic carbocycles. The van der Waals surface area contributed by atoms with E-state index in [4.69, 9.17) is 0 Å². The maximum atomic E-state index is 9.48. The van der Waals surface area contributed by atoms with Crippen molar-refractivity contribution >= 4 is 5.82 Å². The van der Waals surface area contributed by atoms with Crippen LogP contribution in [0.4, 0.5) is 5.82 Å². The summed E-state index contributed by atoms with van der Waals surface area (Å²) in [5, 5.41) is 26.1. The molecule has 0 radical (unpaired) electrons. The number of piperidine rings is 1. The lowest BCUT2D eigenvalue weighted by Crippen LogP contribution is -2.36. The highest BCUT2D eigenvalue weighted by atomic mass is 15.3. The van der Waals surface area contributed by atoms with Gasteiger partial charge in [0.25, 0.3) is 0 Å². The Morgan fingerprint density at radius 1 is 1.27 bits per heavy atom. The Morgan fingerprint density at radius 2 is 2.09 bits per heavy atom. The Bertz CT molecular complexity index is 728. The lowest BCUT2D eigenvalue weighted by atomic mass is 9.96. The van der Waals surface area contributed by atoms with Crippen molar-refractivity contribution in [3.63, 3.8) is 0 Å². The van der Waals surface area contributed by atoms with Gasteiger partial charge in [0, 0.05) is 26.1 Å². The van der Waals surface area contributed by atoms with Gasteiger partial charge in [-0.25, -0.2) is 0 Å². The molecule has 0 aromatic carbocycles. The van der Waals surface area contributed by atoms with Crippen LogP contribution < -0.4 is 4.90 Å². The maximum Gasteiger partial charge on any atom is 0.169 e. The Kier molecular flexibility index (Phi) is 3.75. The molecule has 0 N–H and O–H groups in total. The Morgan fingerprint density at radius 3 is 2.77 bits per heavy atom. The van der Waals surface area contributed by atoms with Crippen molar-refractivity contribution < 1.29 is 0 Å². The fourth-order valence-electron chi connectivity index (χ4n) is 2.99. The summed E-state index contributed by atoms with van der Waals surface area (Å²) in [6.45, 7) is 5.49. The van der Waals surface area contributed by atoms with Crippen LogP contribution in [0.1, 0.15) is 41.4 Å². The SMILES string of the molecule is Cc1nnc(N2CCC[C@H](c3nncn3C)C2)c(C#N)c1C. The van der Waals surface area contributed by atoms with E-state index in [-0.39, 0.29) is 0 Å². The molecule has 1 aliphatic rings. The van der Waals surface area contributed by atoms with Crippen molar-refractivity contribution in [2.24, 2.45) is 7.05 Å². The van der Waals surface area contributed by atoms with E-state index in [1.165, 1.54) is 0 Å². The highest BCUT2D eigenvalue weighted by Crippen LogP contribution is 2.30. The first-order chi connectivity index (χ1) is 10.6. The summed E-state index contributed by atoms with van der Waals surface area (Å²) in [6, 6.07) is 2.29. The highest BCUT2D eigenvalue weighted by molar-refractivity contribution is 5.57. The lowest BCUT2D eigenvalue weighted by Gasteiger charge is -2.33. The van der Waals surface area contributed by atoms with Gasteiger partial charge in [-0.15, -0.1) is 15.3 Å². The number of aromatic nitrogens is 5. The van der Waals surface area contributed by atoms with Crippen LogP contribution in [0.25, 0.3) is 0 Å². The zero-order chi connectivity index (χ0) is 15.7. The van der Waals surface area contributed by atoms with E-state index in [9.17, 15) is 5.26 Å². The molecule has 7 nitrogen and oxygen atoms in total. The molecule has 7 heteroatoms. The van der Waals surface area contributed by atoms with Crippen molar-refractivity contribution in [3.05, 3.63) is 29.0 Å². The highest BCUT2D eigenvalue weighted by Gasteiger charge is 2.27. The summed E-state index contributed by atoms with van der Waals surface area (Å²) >= 11 is 0. The summed E-state index contributed by atoms with van der Waals surface area (Å²) in [6.07, 6.45) is 3.84. The smallest absolute Gasteiger partial charge is 0.169 e. The maximum absolute atomic E-state index is 9.48. The number of anilines is 1. The van der Waals surface area contributed by atoms with E-state index in [0.717, 1.165) is 43.0 Å². The molecule has 1 aliphatic heterocycles. The zero-order valence-corrected chi connectivity index (χ0v) is 13.1. The third-order valence-corrected chi connectivity index (χ3v) is 4.38. The van der Waals surface area contributed by atoms with Gasteiger partial charge in [-0.1, -0.05) is 0 Å². The number of aryl methyl sites for hydroxylation is 2. The van der Waals surface area contributed by atoms with Gasteiger partial charge < -0.3 is 9.47 Å². The standard InChI is InChI=1S/C15H19N7/c1-10-11(2)18-20-15(13(10)7-16)22-6-4-5-12(8-22)14-19-17-9-21(14)3/h9,12H,4-6,8H2,1-3H3/t12-/m0/s1. The minimum Gasteiger partial charge on any atom is -0.353 e. The average Bonchev–Trinajstić information content (AvgIpc) is 2.96. The first kappa shape index (κ1) is 14.4. The van der Waals surface area contributed by atoms with Crippen LogP contribution in [0.15, 0.2) is 6.33 Å². The summed E-state index contributed by atoms with van der Waals surface area (Å²) < 4.78 is 1.96. The van der Waals surface area contributed by atoms with Gasteiger partial charge in [0.1, 0.15) is 23.8 Å². The van der Waals surface area contributed by atoms with E-state index < -0.39 is 0 Å². The second kappa shape index (κ2) is 5.72. The van der Waals surface area contributed by atoms with Crippen LogP contribution in [0.2, 0.25) is 0 Å². The van der Waals surface area contributed by atoms with Crippen LogP contribution in [0, 0.1) is 25.2 Å². The topological polar surface area (TPSA) is 83.5 Å². The Balaban J connectivity index is 1.92. The number of rotatable bonds is 2. The predicted molar refractivity (Wildman–Crippen MR) is 81.4 cm³/mol. The molecule has 0 saturated carbocycles. The fraction of sp³-hybridized carbons (Fsp3) is 0.533. The predicted octanol–water partition coefficient (Wildman–Crippen LogP) is 1.48. The third-order valence-electron chi connectivity index (χ3n) is 4.38. The van der Waals surface area contributed by atoms with Crippen molar-refractivity contribution in [2.45, 2.75) is 32.6 Å². The van der Waals surface area contributed by atoms with Crippen molar-refractivity contribution in [3.8, 4) is 6.07 Å². The zero-order valence-electron chi connectivity index (χ0n) is 13.1. The van der Waals surface area contributed by atoms with E-state index in [0.29, 0.717) is 17.3 Å². The fourth-order valence-corrected chi connectivity index (χ4v) is 2.99. The monoisotopic (exact) mass is 297 g/mol. The van der Waals surface area contributed by atoms with Gasteiger partial charge in [0.05, 0.1) is 5.69 Å². The number of hydrogen-bond acceptors (Lipinski definition) is 6. The molecule has 22 heavy (non-hydrogen) atoms. The molecule has 0 bridgehead atoms. The van der Waals surface area contributed by atoms with Gasteiger partial charge >= 0.3 is 0 Å². The molecule has 0 amide bonds. The van der Waals surface area contributed by atoms with Crippen LogP contribution in [0.3, 0.4) is 0 Å². The van der Waals surface area contributed by atoms with Gasteiger partial charge in [0.15, 0.2) is 5.82 Å². The number of hydrogen-bond donors (Lipinski definition) is 0. The van der Waals surface area contributed by atoms with Crippen LogP contribution >= 0.6 is 0 Å². The summed E-state index contributed by atoms with van der Waals surface area (Å²) in [5.74, 6) is 1.98. The summed E-state index contributed by atoms with van der Waals surface area (Å²) in [5.41, 5.74) is 2.35. The molecular weight excluding hydrogens is 278 g/mol.